The minimum absolute atomic E-state index is 0.108. The topological polar surface area (TPSA) is 77.3 Å². The summed E-state index contributed by atoms with van der Waals surface area (Å²) in [6, 6.07) is 4.28. The molecule has 0 fully saturated rings. The normalized spacial score (nSPS) is 11.4. The van der Waals surface area contributed by atoms with Crippen LogP contribution >= 0.6 is 34.0 Å². The van der Waals surface area contributed by atoms with E-state index < -0.39 is 14.0 Å². The third-order valence-corrected chi connectivity index (χ3v) is 4.68. The summed E-state index contributed by atoms with van der Waals surface area (Å²) < 4.78 is 21.4. The van der Waals surface area contributed by atoms with Gasteiger partial charge in [-0.15, -0.1) is 11.8 Å². The van der Waals surface area contributed by atoms with Crippen molar-refractivity contribution >= 4 is 48.8 Å². The van der Waals surface area contributed by atoms with Crippen molar-refractivity contribution in [3.8, 4) is 0 Å². The lowest BCUT2D eigenvalue weighted by molar-refractivity contribution is -0.387. The molecule has 0 bridgehead atoms. The number of hydrogen-bond donors (Lipinski definition) is 0. The monoisotopic (exact) mass is 315 g/mol. The van der Waals surface area contributed by atoms with E-state index in [4.69, 9.17) is 22.3 Å². The van der Waals surface area contributed by atoms with Crippen LogP contribution in [0.3, 0.4) is 0 Å². The quantitative estimate of drug-likeness (QED) is 0.361. The highest BCUT2D eigenvalue weighted by Crippen LogP contribution is 2.35. The molecule has 0 saturated heterocycles. The van der Waals surface area contributed by atoms with Crippen LogP contribution in [0.2, 0.25) is 5.02 Å². The van der Waals surface area contributed by atoms with Gasteiger partial charge in [0.15, 0.2) is 0 Å². The van der Waals surface area contributed by atoms with Crippen LogP contribution in [0, 0.1) is 10.1 Å². The zero-order valence-electron chi connectivity index (χ0n) is 8.30. The van der Waals surface area contributed by atoms with Crippen LogP contribution in [0.15, 0.2) is 23.1 Å². The molecule has 0 radical (unpaired) electrons. The highest BCUT2D eigenvalue weighted by molar-refractivity contribution is 8.14. The third-order valence-electron chi connectivity index (χ3n) is 1.72. The number of thioether (sulfide) groups is 1. The molecule has 94 valence electrons. The lowest BCUT2D eigenvalue weighted by Gasteiger charge is -2.03. The molecule has 0 aliphatic carbocycles. The Kier molecular flexibility index (Phi) is 5.05. The summed E-state index contributed by atoms with van der Waals surface area (Å²) in [6.07, 6.45) is 0. The molecule has 0 spiro atoms. The fourth-order valence-electron chi connectivity index (χ4n) is 1.03. The zero-order valence-corrected chi connectivity index (χ0v) is 11.4. The molecule has 1 aromatic carbocycles. The lowest BCUT2D eigenvalue weighted by Crippen LogP contribution is -2.00. The van der Waals surface area contributed by atoms with Crippen LogP contribution in [0.1, 0.15) is 0 Å². The molecule has 0 N–H and O–H groups in total. The molecular weight excluding hydrogens is 309 g/mol. The van der Waals surface area contributed by atoms with Crippen molar-refractivity contribution in [1.29, 1.82) is 0 Å². The van der Waals surface area contributed by atoms with Gasteiger partial charge in [0, 0.05) is 22.5 Å². The molecule has 0 saturated carbocycles. The summed E-state index contributed by atoms with van der Waals surface area (Å²) in [4.78, 5) is 10.4. The van der Waals surface area contributed by atoms with Crippen molar-refractivity contribution in [2.45, 2.75) is 4.90 Å². The molecule has 1 rings (SSSR count). The first-order valence-electron chi connectivity index (χ1n) is 4.29. The summed E-state index contributed by atoms with van der Waals surface area (Å²) in [7, 11) is 1.43. The van der Waals surface area contributed by atoms with Gasteiger partial charge < -0.3 is 0 Å². The Labute approximate surface area is 112 Å². The van der Waals surface area contributed by atoms with E-state index in [1.54, 1.807) is 0 Å². The van der Waals surface area contributed by atoms with E-state index in [2.05, 4.69) is 0 Å². The van der Waals surface area contributed by atoms with Crippen molar-refractivity contribution < 1.29 is 13.3 Å². The van der Waals surface area contributed by atoms with E-state index >= 15 is 0 Å². The molecule has 0 amide bonds. The van der Waals surface area contributed by atoms with Crippen molar-refractivity contribution in [1.82, 2.24) is 0 Å². The predicted octanol–water partition coefficient (Wildman–Crippen LogP) is 2.91. The number of rotatable bonds is 5. The molecule has 0 atom stereocenters. The lowest BCUT2D eigenvalue weighted by atomic mass is 10.3. The molecule has 0 unspecified atom stereocenters. The van der Waals surface area contributed by atoms with Crippen molar-refractivity contribution in [3.05, 3.63) is 33.3 Å². The minimum Gasteiger partial charge on any atom is -0.258 e. The molecule has 1 aromatic rings. The second kappa shape index (κ2) is 5.90. The van der Waals surface area contributed by atoms with Gasteiger partial charge in [0.2, 0.25) is 9.05 Å². The summed E-state index contributed by atoms with van der Waals surface area (Å²) >= 11 is 6.81. The van der Waals surface area contributed by atoms with E-state index in [9.17, 15) is 18.5 Å². The van der Waals surface area contributed by atoms with Crippen LogP contribution in [-0.4, -0.2) is 24.8 Å². The maximum Gasteiger partial charge on any atom is 0.284 e. The van der Waals surface area contributed by atoms with Gasteiger partial charge in [-0.1, -0.05) is 17.7 Å². The van der Waals surface area contributed by atoms with Gasteiger partial charge >= 0.3 is 0 Å². The van der Waals surface area contributed by atoms with Gasteiger partial charge in [-0.25, -0.2) is 8.42 Å². The smallest absolute Gasteiger partial charge is 0.258 e. The molecule has 0 aromatic heterocycles. The van der Waals surface area contributed by atoms with Crippen LogP contribution < -0.4 is 0 Å². The Morgan fingerprint density at radius 1 is 1.41 bits per heavy atom. The minimum atomic E-state index is -3.60. The Hall–Kier alpha value is -0.500. The zero-order chi connectivity index (χ0) is 13.1. The number of hydrogen-bond acceptors (Lipinski definition) is 5. The fourth-order valence-corrected chi connectivity index (χ4v) is 3.76. The second-order valence-corrected chi connectivity index (χ2v) is 7.35. The summed E-state index contributed by atoms with van der Waals surface area (Å²) in [6.45, 7) is 0. The molecule has 0 aliphatic rings. The first-order valence-corrected chi connectivity index (χ1v) is 8.13. The Morgan fingerprint density at radius 3 is 2.59 bits per heavy atom. The first-order chi connectivity index (χ1) is 7.81. The Morgan fingerprint density at radius 2 is 2.06 bits per heavy atom. The number of benzene rings is 1. The third kappa shape index (κ3) is 4.71. The molecule has 17 heavy (non-hydrogen) atoms. The number of nitro groups is 1. The number of nitro benzene ring substituents is 1. The summed E-state index contributed by atoms with van der Waals surface area (Å²) in [5, 5.41) is 10.9. The van der Waals surface area contributed by atoms with Gasteiger partial charge in [-0.3, -0.25) is 10.1 Å². The molecular formula is C8H7Cl2NO4S2. The average Bonchev–Trinajstić information content (AvgIpc) is 2.18. The van der Waals surface area contributed by atoms with Crippen molar-refractivity contribution in [2.24, 2.45) is 0 Å². The van der Waals surface area contributed by atoms with E-state index in [0.29, 0.717) is 0 Å². The second-order valence-electron chi connectivity index (χ2n) is 2.94. The van der Waals surface area contributed by atoms with Crippen LogP contribution in [0.5, 0.6) is 0 Å². The molecule has 9 heteroatoms. The van der Waals surface area contributed by atoms with E-state index in [1.807, 2.05) is 0 Å². The van der Waals surface area contributed by atoms with Crippen molar-refractivity contribution in [2.75, 3.05) is 11.5 Å². The van der Waals surface area contributed by atoms with Gasteiger partial charge in [-0.05, 0) is 6.07 Å². The van der Waals surface area contributed by atoms with Gasteiger partial charge in [0.1, 0.15) is 4.90 Å². The maximum atomic E-state index is 10.7. The standard InChI is InChI=1S/C8H7Cl2NO4S2/c9-6-2-1-3-7(11(12)13)8(6)16-4-5-17(10,14)15/h1-3H,4-5H2. The predicted molar refractivity (Wildman–Crippen MR) is 68.5 cm³/mol. The van der Waals surface area contributed by atoms with Crippen LogP contribution in [0.4, 0.5) is 5.69 Å². The Bertz CT molecular complexity index is 532. The van der Waals surface area contributed by atoms with E-state index in [0.717, 1.165) is 11.8 Å². The SMILES string of the molecule is O=[N+]([O-])c1cccc(Cl)c1SCCS(=O)(=O)Cl. The number of nitrogens with zero attached hydrogens (tertiary/aromatic N) is 1. The van der Waals surface area contributed by atoms with Gasteiger partial charge in [0.25, 0.3) is 5.69 Å². The largest absolute Gasteiger partial charge is 0.284 e. The van der Waals surface area contributed by atoms with Gasteiger partial charge in [0.05, 0.1) is 15.7 Å². The molecule has 5 nitrogen and oxygen atoms in total. The van der Waals surface area contributed by atoms with Gasteiger partial charge in [-0.2, -0.15) is 0 Å². The van der Waals surface area contributed by atoms with Crippen LogP contribution in [0.25, 0.3) is 0 Å². The van der Waals surface area contributed by atoms with Crippen LogP contribution in [-0.2, 0) is 9.05 Å². The van der Waals surface area contributed by atoms with E-state index in [1.165, 1.54) is 18.2 Å². The van der Waals surface area contributed by atoms with Crippen molar-refractivity contribution in [3.63, 3.8) is 0 Å². The average molecular weight is 316 g/mol. The first kappa shape index (κ1) is 14.6. The molecule has 0 aliphatic heterocycles. The highest BCUT2D eigenvalue weighted by atomic mass is 35.7. The number of halogens is 2. The maximum absolute atomic E-state index is 10.7. The fraction of sp³-hybridized carbons (Fsp3) is 0.250. The summed E-state index contributed by atoms with van der Waals surface area (Å²) in [5.41, 5.74) is -0.144. The summed E-state index contributed by atoms with van der Waals surface area (Å²) in [5.74, 6) is -0.169. The Balaban J connectivity index is 2.86. The van der Waals surface area contributed by atoms with E-state index in [-0.39, 0.29) is 27.1 Å². The molecule has 0 heterocycles. The highest BCUT2D eigenvalue weighted by Gasteiger charge is 2.17.